The number of hydrogen-bond donors (Lipinski definition) is 0. The molecular weight excluding hydrogens is 316 g/mol. The van der Waals surface area contributed by atoms with E-state index in [1.54, 1.807) is 31.2 Å². The van der Waals surface area contributed by atoms with Gasteiger partial charge in [0.1, 0.15) is 22.7 Å². The van der Waals surface area contributed by atoms with Gasteiger partial charge in [-0.15, -0.1) is 0 Å². The molecule has 0 bridgehead atoms. The molecule has 0 radical (unpaired) electrons. The van der Waals surface area contributed by atoms with E-state index in [2.05, 4.69) is 0 Å². The van der Waals surface area contributed by atoms with Crippen molar-refractivity contribution in [3.8, 4) is 11.5 Å². The zero-order chi connectivity index (χ0) is 17.2. The summed E-state index contributed by atoms with van der Waals surface area (Å²) in [6.07, 6.45) is -0.709. The summed E-state index contributed by atoms with van der Waals surface area (Å²) < 4.78 is 16.8. The molecule has 0 aliphatic rings. The molecule has 0 aliphatic heterocycles. The highest BCUT2D eigenvalue weighted by Gasteiger charge is 2.18. The van der Waals surface area contributed by atoms with Crippen LogP contribution in [0.15, 0.2) is 77.2 Å². The van der Waals surface area contributed by atoms with Crippen LogP contribution in [0.25, 0.3) is 21.9 Å². The SMILES string of the molecule is C[C@H](Oc1ccccc1)C(=O)Oc1ccc2oc3ccccc3c2c1. The first-order valence-electron chi connectivity index (χ1n) is 8.05. The van der Waals surface area contributed by atoms with Crippen LogP contribution in [0, 0.1) is 0 Å². The normalized spacial score (nSPS) is 12.2. The average Bonchev–Trinajstić information content (AvgIpc) is 3.00. The van der Waals surface area contributed by atoms with Crippen LogP contribution >= 0.6 is 0 Å². The third-order valence-corrected chi connectivity index (χ3v) is 3.95. The number of para-hydroxylation sites is 2. The molecule has 1 aromatic heterocycles. The lowest BCUT2D eigenvalue weighted by atomic mass is 10.1. The fourth-order valence-corrected chi connectivity index (χ4v) is 2.72. The second-order valence-corrected chi connectivity index (χ2v) is 5.75. The maximum Gasteiger partial charge on any atom is 0.352 e. The second-order valence-electron chi connectivity index (χ2n) is 5.75. The standard InChI is InChI=1S/C21H16O4/c1-14(23-15-7-3-2-4-8-15)21(22)24-16-11-12-20-18(13-16)17-9-5-6-10-19(17)25-20/h2-14H,1H3/t14-/m0/s1. The minimum atomic E-state index is -0.709. The summed E-state index contributed by atoms with van der Waals surface area (Å²) in [7, 11) is 0. The summed E-state index contributed by atoms with van der Waals surface area (Å²) in [6.45, 7) is 1.67. The van der Waals surface area contributed by atoms with Crippen molar-refractivity contribution >= 4 is 27.9 Å². The highest BCUT2D eigenvalue weighted by Crippen LogP contribution is 2.31. The largest absolute Gasteiger partial charge is 0.479 e. The van der Waals surface area contributed by atoms with E-state index in [1.807, 2.05) is 48.5 Å². The zero-order valence-electron chi connectivity index (χ0n) is 13.6. The Morgan fingerprint density at radius 2 is 1.56 bits per heavy atom. The minimum Gasteiger partial charge on any atom is -0.479 e. The molecule has 3 aromatic carbocycles. The first kappa shape index (κ1) is 15.3. The third kappa shape index (κ3) is 3.06. The van der Waals surface area contributed by atoms with Gasteiger partial charge in [0.15, 0.2) is 6.10 Å². The molecule has 0 unspecified atom stereocenters. The van der Waals surface area contributed by atoms with E-state index in [0.29, 0.717) is 11.5 Å². The van der Waals surface area contributed by atoms with Gasteiger partial charge in [0, 0.05) is 10.8 Å². The molecule has 1 heterocycles. The molecule has 0 saturated carbocycles. The number of fused-ring (bicyclic) bond motifs is 3. The molecule has 25 heavy (non-hydrogen) atoms. The summed E-state index contributed by atoms with van der Waals surface area (Å²) in [5, 5.41) is 1.90. The molecule has 4 heteroatoms. The van der Waals surface area contributed by atoms with Crippen molar-refractivity contribution in [2.75, 3.05) is 0 Å². The number of ether oxygens (including phenoxy) is 2. The lowest BCUT2D eigenvalue weighted by Crippen LogP contribution is -2.28. The highest BCUT2D eigenvalue weighted by atomic mass is 16.6. The minimum absolute atomic E-state index is 0.448. The van der Waals surface area contributed by atoms with Crippen LogP contribution in [0.3, 0.4) is 0 Å². The zero-order valence-corrected chi connectivity index (χ0v) is 13.6. The Balaban J connectivity index is 1.55. The van der Waals surface area contributed by atoms with E-state index in [4.69, 9.17) is 13.9 Å². The van der Waals surface area contributed by atoms with E-state index < -0.39 is 12.1 Å². The fourth-order valence-electron chi connectivity index (χ4n) is 2.72. The van der Waals surface area contributed by atoms with Gasteiger partial charge >= 0.3 is 5.97 Å². The summed E-state index contributed by atoms with van der Waals surface area (Å²) >= 11 is 0. The fraction of sp³-hybridized carbons (Fsp3) is 0.0952. The maximum absolute atomic E-state index is 12.3. The van der Waals surface area contributed by atoms with Crippen molar-refractivity contribution in [1.82, 2.24) is 0 Å². The number of rotatable bonds is 4. The Hall–Kier alpha value is -3.27. The Bertz CT molecular complexity index is 1030. The number of hydrogen-bond acceptors (Lipinski definition) is 4. The van der Waals surface area contributed by atoms with Crippen LogP contribution in [0.2, 0.25) is 0 Å². The third-order valence-electron chi connectivity index (χ3n) is 3.95. The smallest absolute Gasteiger partial charge is 0.352 e. The molecule has 0 spiro atoms. The van der Waals surface area contributed by atoms with Gasteiger partial charge < -0.3 is 13.9 Å². The van der Waals surface area contributed by atoms with Gasteiger partial charge in [0.2, 0.25) is 0 Å². The highest BCUT2D eigenvalue weighted by molar-refractivity contribution is 6.05. The van der Waals surface area contributed by atoms with Crippen molar-refractivity contribution in [1.29, 1.82) is 0 Å². The van der Waals surface area contributed by atoms with Crippen molar-refractivity contribution in [2.45, 2.75) is 13.0 Å². The molecule has 4 rings (SSSR count). The van der Waals surface area contributed by atoms with Gasteiger partial charge in [-0.3, -0.25) is 0 Å². The number of furan rings is 1. The lowest BCUT2D eigenvalue weighted by Gasteiger charge is -2.13. The second kappa shape index (κ2) is 6.32. The van der Waals surface area contributed by atoms with Crippen molar-refractivity contribution in [2.24, 2.45) is 0 Å². The molecule has 124 valence electrons. The molecule has 0 fully saturated rings. The van der Waals surface area contributed by atoms with Crippen LogP contribution in [-0.4, -0.2) is 12.1 Å². The van der Waals surface area contributed by atoms with Gasteiger partial charge in [-0.05, 0) is 43.3 Å². The van der Waals surface area contributed by atoms with Gasteiger partial charge in [-0.2, -0.15) is 0 Å². The Kier molecular flexibility index (Phi) is 3.86. The van der Waals surface area contributed by atoms with Gasteiger partial charge in [-0.25, -0.2) is 4.79 Å². The van der Waals surface area contributed by atoms with Crippen molar-refractivity contribution < 1.29 is 18.7 Å². The number of carbonyl (C=O) groups excluding carboxylic acids is 1. The quantitative estimate of drug-likeness (QED) is 0.391. The predicted molar refractivity (Wildman–Crippen MR) is 95.9 cm³/mol. The molecule has 0 amide bonds. The van der Waals surface area contributed by atoms with Gasteiger partial charge in [-0.1, -0.05) is 36.4 Å². The van der Waals surface area contributed by atoms with E-state index >= 15 is 0 Å². The molecule has 4 nitrogen and oxygen atoms in total. The van der Waals surface area contributed by atoms with E-state index in [9.17, 15) is 4.79 Å². The van der Waals surface area contributed by atoms with E-state index in [1.165, 1.54) is 0 Å². The summed E-state index contributed by atoms with van der Waals surface area (Å²) in [6, 6.07) is 22.3. The molecule has 0 saturated heterocycles. The Morgan fingerprint density at radius 1 is 0.840 bits per heavy atom. The number of benzene rings is 3. The van der Waals surface area contributed by atoms with Gasteiger partial charge in [0.25, 0.3) is 0 Å². The number of carbonyl (C=O) groups is 1. The average molecular weight is 332 g/mol. The summed E-state index contributed by atoms with van der Waals surface area (Å²) in [5.41, 5.74) is 1.57. The molecule has 4 aromatic rings. The van der Waals surface area contributed by atoms with Crippen LogP contribution in [-0.2, 0) is 4.79 Å². The maximum atomic E-state index is 12.3. The number of esters is 1. The molecule has 0 N–H and O–H groups in total. The first-order valence-corrected chi connectivity index (χ1v) is 8.05. The van der Waals surface area contributed by atoms with E-state index in [0.717, 1.165) is 21.9 Å². The molecule has 0 aliphatic carbocycles. The topological polar surface area (TPSA) is 48.7 Å². The lowest BCUT2D eigenvalue weighted by molar-refractivity contribution is -0.141. The van der Waals surface area contributed by atoms with Crippen LogP contribution in [0.5, 0.6) is 11.5 Å². The molecular formula is C21H16O4. The van der Waals surface area contributed by atoms with Crippen LogP contribution in [0.1, 0.15) is 6.92 Å². The van der Waals surface area contributed by atoms with Crippen LogP contribution in [0.4, 0.5) is 0 Å². The summed E-state index contributed by atoms with van der Waals surface area (Å²) in [4.78, 5) is 12.3. The summed E-state index contributed by atoms with van der Waals surface area (Å²) in [5.74, 6) is 0.645. The van der Waals surface area contributed by atoms with E-state index in [-0.39, 0.29) is 0 Å². The van der Waals surface area contributed by atoms with Crippen molar-refractivity contribution in [3.63, 3.8) is 0 Å². The predicted octanol–water partition coefficient (Wildman–Crippen LogP) is 4.96. The first-order chi connectivity index (χ1) is 12.2. The van der Waals surface area contributed by atoms with Crippen molar-refractivity contribution in [3.05, 3.63) is 72.8 Å². The Morgan fingerprint density at radius 3 is 2.40 bits per heavy atom. The van der Waals surface area contributed by atoms with Gasteiger partial charge in [0.05, 0.1) is 0 Å². The molecule has 1 atom stereocenters. The monoisotopic (exact) mass is 332 g/mol. The Labute approximate surface area is 144 Å². The van der Waals surface area contributed by atoms with Crippen LogP contribution < -0.4 is 9.47 Å².